The van der Waals surface area contributed by atoms with Crippen LogP contribution in [0.2, 0.25) is 0 Å². The van der Waals surface area contributed by atoms with Gasteiger partial charge in [0.1, 0.15) is 12.1 Å². The van der Waals surface area contributed by atoms with E-state index >= 15 is 0 Å². The first-order valence-electron chi connectivity index (χ1n) is 7.20. The number of aryl methyl sites for hydroxylation is 2. The highest BCUT2D eigenvalue weighted by atomic mass is 19.1. The molecule has 0 aliphatic rings. The van der Waals surface area contributed by atoms with Crippen LogP contribution in [0.3, 0.4) is 0 Å². The van der Waals surface area contributed by atoms with E-state index in [2.05, 4.69) is 25.8 Å². The van der Waals surface area contributed by atoms with Crippen LogP contribution in [-0.4, -0.2) is 27.3 Å². The third kappa shape index (κ3) is 4.28. The molecule has 118 valence electrons. The summed E-state index contributed by atoms with van der Waals surface area (Å²) in [6.45, 7) is 5.41. The second kappa shape index (κ2) is 7.53. The molecule has 1 aromatic heterocycles. The fourth-order valence-electron chi connectivity index (χ4n) is 1.88. The monoisotopic (exact) mass is 304 g/mol. The molecule has 0 amide bonds. The minimum absolute atomic E-state index is 0.204. The van der Waals surface area contributed by atoms with Crippen LogP contribution in [0.15, 0.2) is 29.5 Å². The van der Waals surface area contributed by atoms with E-state index in [4.69, 9.17) is 0 Å². The van der Waals surface area contributed by atoms with Gasteiger partial charge in [-0.3, -0.25) is 0 Å². The summed E-state index contributed by atoms with van der Waals surface area (Å²) in [5.41, 5.74) is 1.47. The molecule has 0 saturated carbocycles. The Kier molecular flexibility index (Phi) is 5.46. The summed E-state index contributed by atoms with van der Waals surface area (Å²) in [6.07, 6.45) is 1.65. The Morgan fingerprint density at radius 1 is 1.36 bits per heavy atom. The number of aromatic nitrogens is 3. The molecule has 6 nitrogen and oxygen atoms in total. The summed E-state index contributed by atoms with van der Waals surface area (Å²) in [7, 11) is 1.89. The highest BCUT2D eigenvalue weighted by Crippen LogP contribution is 2.09. The van der Waals surface area contributed by atoms with Crippen molar-refractivity contribution in [2.45, 2.75) is 26.9 Å². The van der Waals surface area contributed by atoms with Gasteiger partial charge in [0.15, 0.2) is 11.8 Å². The molecule has 0 unspecified atom stereocenters. The first kappa shape index (κ1) is 15.9. The van der Waals surface area contributed by atoms with Crippen molar-refractivity contribution in [3.8, 4) is 0 Å². The van der Waals surface area contributed by atoms with Gasteiger partial charge in [-0.1, -0.05) is 12.1 Å². The normalized spacial score (nSPS) is 11.5. The van der Waals surface area contributed by atoms with E-state index in [9.17, 15) is 4.39 Å². The average Bonchev–Trinajstić information content (AvgIpc) is 2.91. The number of nitrogens with one attached hydrogen (secondary N) is 2. The molecular weight excluding hydrogens is 283 g/mol. The van der Waals surface area contributed by atoms with Crippen molar-refractivity contribution in [3.63, 3.8) is 0 Å². The topological polar surface area (TPSA) is 67.1 Å². The Balaban J connectivity index is 2.00. The number of aliphatic imine (C=N–C) groups is 1. The van der Waals surface area contributed by atoms with E-state index < -0.39 is 0 Å². The molecule has 7 heteroatoms. The number of nitrogens with zero attached hydrogens (tertiary/aromatic N) is 4. The smallest absolute Gasteiger partial charge is 0.191 e. The van der Waals surface area contributed by atoms with Gasteiger partial charge in [-0.25, -0.2) is 9.38 Å². The fraction of sp³-hybridized carbons (Fsp3) is 0.400. The van der Waals surface area contributed by atoms with E-state index in [-0.39, 0.29) is 5.82 Å². The Morgan fingerprint density at radius 3 is 2.82 bits per heavy atom. The molecule has 22 heavy (non-hydrogen) atoms. The van der Waals surface area contributed by atoms with Crippen LogP contribution in [0.1, 0.15) is 23.9 Å². The molecule has 0 spiro atoms. The number of guanidine groups is 1. The Hall–Kier alpha value is -2.44. The fourth-order valence-corrected chi connectivity index (χ4v) is 1.88. The standard InChI is InChI=1S/C15H21FN6/c1-4-17-15(19-9-14-21-20-10-22(14)3)18-8-12-6-5-11(2)13(16)7-12/h5-7,10H,4,8-9H2,1-3H3,(H2,17,18,19). The molecule has 0 saturated heterocycles. The van der Waals surface area contributed by atoms with Gasteiger partial charge in [0.25, 0.3) is 0 Å². The molecular formula is C15H21FN6. The lowest BCUT2D eigenvalue weighted by Crippen LogP contribution is -2.37. The summed E-state index contributed by atoms with van der Waals surface area (Å²) in [5.74, 6) is 1.27. The Labute approximate surface area is 129 Å². The van der Waals surface area contributed by atoms with Crippen LogP contribution < -0.4 is 10.6 Å². The third-order valence-electron chi connectivity index (χ3n) is 3.22. The van der Waals surface area contributed by atoms with E-state index in [0.717, 1.165) is 17.9 Å². The lowest BCUT2D eigenvalue weighted by molar-refractivity contribution is 0.616. The molecule has 0 bridgehead atoms. The van der Waals surface area contributed by atoms with Gasteiger partial charge in [0, 0.05) is 13.6 Å². The van der Waals surface area contributed by atoms with Gasteiger partial charge in [0.05, 0.1) is 13.1 Å². The van der Waals surface area contributed by atoms with Crippen molar-refractivity contribution in [2.75, 3.05) is 6.54 Å². The average molecular weight is 304 g/mol. The highest BCUT2D eigenvalue weighted by Gasteiger charge is 2.03. The zero-order valence-corrected chi connectivity index (χ0v) is 13.1. The van der Waals surface area contributed by atoms with Crippen molar-refractivity contribution in [3.05, 3.63) is 47.3 Å². The number of benzene rings is 1. The number of hydrogen-bond donors (Lipinski definition) is 2. The molecule has 2 N–H and O–H groups in total. The zero-order valence-electron chi connectivity index (χ0n) is 13.1. The second-order valence-corrected chi connectivity index (χ2v) is 4.99. The SMILES string of the molecule is CCNC(=NCc1ccc(C)c(F)c1)NCc1nncn1C. The molecule has 0 aliphatic heterocycles. The molecule has 0 aliphatic carbocycles. The number of rotatable bonds is 5. The summed E-state index contributed by atoms with van der Waals surface area (Å²) in [4.78, 5) is 4.45. The third-order valence-corrected chi connectivity index (χ3v) is 3.22. The van der Waals surface area contributed by atoms with E-state index in [1.807, 2.05) is 24.6 Å². The summed E-state index contributed by atoms with van der Waals surface area (Å²) < 4.78 is 15.4. The summed E-state index contributed by atoms with van der Waals surface area (Å²) in [5, 5.41) is 14.2. The molecule has 2 rings (SSSR count). The predicted octanol–water partition coefficient (Wildman–Crippen LogP) is 1.52. The van der Waals surface area contributed by atoms with Crippen molar-refractivity contribution in [1.82, 2.24) is 25.4 Å². The van der Waals surface area contributed by atoms with Crippen LogP contribution in [0.4, 0.5) is 4.39 Å². The lowest BCUT2D eigenvalue weighted by atomic mass is 10.1. The second-order valence-electron chi connectivity index (χ2n) is 4.99. The van der Waals surface area contributed by atoms with E-state index in [0.29, 0.717) is 24.6 Å². The van der Waals surface area contributed by atoms with Crippen LogP contribution in [0.5, 0.6) is 0 Å². The first-order chi connectivity index (χ1) is 10.6. The van der Waals surface area contributed by atoms with Gasteiger partial charge in [-0.05, 0) is 31.0 Å². The minimum atomic E-state index is -0.204. The summed E-state index contributed by atoms with van der Waals surface area (Å²) in [6, 6.07) is 5.17. The van der Waals surface area contributed by atoms with Crippen LogP contribution in [-0.2, 0) is 20.1 Å². The van der Waals surface area contributed by atoms with Crippen molar-refractivity contribution in [2.24, 2.45) is 12.0 Å². The maximum absolute atomic E-state index is 13.5. The lowest BCUT2D eigenvalue weighted by Gasteiger charge is -2.11. The van der Waals surface area contributed by atoms with Crippen molar-refractivity contribution < 1.29 is 4.39 Å². The van der Waals surface area contributed by atoms with Gasteiger partial charge in [0.2, 0.25) is 0 Å². The van der Waals surface area contributed by atoms with Gasteiger partial charge in [-0.15, -0.1) is 10.2 Å². The van der Waals surface area contributed by atoms with Crippen LogP contribution in [0.25, 0.3) is 0 Å². The molecule has 1 heterocycles. The Morgan fingerprint density at radius 2 is 2.18 bits per heavy atom. The largest absolute Gasteiger partial charge is 0.357 e. The quantitative estimate of drug-likeness (QED) is 0.649. The van der Waals surface area contributed by atoms with Crippen LogP contribution in [0, 0.1) is 12.7 Å². The number of hydrogen-bond acceptors (Lipinski definition) is 3. The van der Waals surface area contributed by atoms with Crippen molar-refractivity contribution >= 4 is 5.96 Å². The van der Waals surface area contributed by atoms with Crippen LogP contribution >= 0.6 is 0 Å². The molecule has 0 atom stereocenters. The minimum Gasteiger partial charge on any atom is -0.357 e. The number of halogens is 1. The molecule has 0 radical (unpaired) electrons. The predicted molar refractivity (Wildman–Crippen MR) is 83.8 cm³/mol. The van der Waals surface area contributed by atoms with Gasteiger partial charge >= 0.3 is 0 Å². The maximum atomic E-state index is 13.5. The zero-order chi connectivity index (χ0) is 15.9. The highest BCUT2D eigenvalue weighted by molar-refractivity contribution is 5.79. The van der Waals surface area contributed by atoms with Gasteiger partial charge < -0.3 is 15.2 Å². The molecule has 0 fully saturated rings. The summed E-state index contributed by atoms with van der Waals surface area (Å²) >= 11 is 0. The molecule has 1 aromatic carbocycles. The molecule has 2 aromatic rings. The van der Waals surface area contributed by atoms with Gasteiger partial charge in [-0.2, -0.15) is 0 Å². The maximum Gasteiger partial charge on any atom is 0.191 e. The first-order valence-corrected chi connectivity index (χ1v) is 7.20. The van der Waals surface area contributed by atoms with E-state index in [1.54, 1.807) is 19.3 Å². The van der Waals surface area contributed by atoms with Crippen molar-refractivity contribution in [1.29, 1.82) is 0 Å². The Bertz CT molecular complexity index is 649. The van der Waals surface area contributed by atoms with E-state index in [1.165, 1.54) is 6.07 Å².